The Morgan fingerprint density at radius 1 is 1.19 bits per heavy atom. The van der Waals surface area contributed by atoms with Gasteiger partial charge >= 0.3 is 5.97 Å². The van der Waals surface area contributed by atoms with Crippen molar-refractivity contribution in [3.05, 3.63) is 68.9 Å². The van der Waals surface area contributed by atoms with Crippen molar-refractivity contribution >= 4 is 53.5 Å². The summed E-state index contributed by atoms with van der Waals surface area (Å²) >= 11 is 5.02. The van der Waals surface area contributed by atoms with Gasteiger partial charge in [-0.05, 0) is 30.7 Å². The van der Waals surface area contributed by atoms with Crippen LogP contribution in [0.15, 0.2) is 57.8 Å². The first-order valence-electron chi connectivity index (χ1n) is 8.10. The number of ether oxygens (including phenoxy) is 1. The van der Waals surface area contributed by atoms with Crippen LogP contribution in [0.25, 0.3) is 31.4 Å². The molecule has 0 aliphatic rings. The van der Waals surface area contributed by atoms with Gasteiger partial charge in [0.25, 0.3) is 5.56 Å². The number of esters is 1. The van der Waals surface area contributed by atoms with Crippen molar-refractivity contribution in [2.45, 2.75) is 6.92 Å². The fourth-order valence-electron chi connectivity index (χ4n) is 3.07. The van der Waals surface area contributed by atoms with Gasteiger partial charge in [-0.25, -0.2) is 4.79 Å². The highest BCUT2D eigenvalue weighted by molar-refractivity contribution is 9.10. The number of benzene rings is 2. The number of pyridine rings is 1. The average molecular weight is 428 g/mol. The van der Waals surface area contributed by atoms with Gasteiger partial charge in [0.15, 0.2) is 0 Å². The smallest absolute Gasteiger partial charge is 0.344 e. The maximum atomic E-state index is 12.8. The molecular formula is C20H14BrNO3S. The molecule has 4 nitrogen and oxygen atoms in total. The van der Waals surface area contributed by atoms with Crippen LogP contribution in [0.2, 0.25) is 0 Å². The van der Waals surface area contributed by atoms with Crippen LogP contribution < -0.4 is 5.56 Å². The number of aromatic nitrogens is 1. The first-order valence-corrected chi connectivity index (χ1v) is 9.71. The monoisotopic (exact) mass is 427 g/mol. The zero-order valence-electron chi connectivity index (χ0n) is 13.8. The van der Waals surface area contributed by atoms with Gasteiger partial charge < -0.3 is 9.72 Å². The molecule has 0 spiro atoms. The third kappa shape index (κ3) is 2.75. The minimum Gasteiger partial charge on any atom is -0.462 e. The van der Waals surface area contributed by atoms with Crippen LogP contribution in [0, 0.1) is 0 Å². The summed E-state index contributed by atoms with van der Waals surface area (Å²) in [5.74, 6) is -0.608. The summed E-state index contributed by atoms with van der Waals surface area (Å²) in [5.41, 5.74) is 1.77. The van der Waals surface area contributed by atoms with Crippen LogP contribution in [0.3, 0.4) is 0 Å². The minimum atomic E-state index is -0.608. The SMILES string of the molecule is CCOC(=O)c1c(-c2cccc(Br)c2)c2sc3ccccc3c2[nH]c1=O. The second-order valence-electron chi connectivity index (χ2n) is 5.74. The van der Waals surface area contributed by atoms with Gasteiger partial charge in [-0.15, -0.1) is 11.3 Å². The molecule has 4 rings (SSSR count). The predicted octanol–water partition coefficient (Wildman–Crippen LogP) is 5.35. The zero-order valence-corrected chi connectivity index (χ0v) is 16.2. The number of thiophene rings is 1. The van der Waals surface area contributed by atoms with Gasteiger partial charge in [-0.3, -0.25) is 4.79 Å². The highest BCUT2D eigenvalue weighted by Gasteiger charge is 2.24. The molecular weight excluding hydrogens is 414 g/mol. The van der Waals surface area contributed by atoms with E-state index in [0.717, 1.165) is 30.3 Å². The van der Waals surface area contributed by atoms with Gasteiger partial charge in [-0.1, -0.05) is 46.3 Å². The Bertz CT molecular complexity index is 1210. The van der Waals surface area contributed by atoms with Crippen molar-refractivity contribution in [2.24, 2.45) is 0 Å². The standard InChI is InChI=1S/C20H14BrNO3S/c1-2-25-20(24)16-15(11-6-5-7-12(21)10-11)18-17(22-19(16)23)13-8-3-4-9-14(13)26-18/h3-10H,2H2,1H3,(H,22,23). The molecule has 0 bridgehead atoms. The van der Waals surface area contributed by atoms with E-state index in [-0.39, 0.29) is 12.2 Å². The van der Waals surface area contributed by atoms with Crippen LogP contribution in [-0.2, 0) is 4.74 Å². The molecule has 0 fully saturated rings. The normalized spacial score (nSPS) is 11.2. The third-order valence-corrected chi connectivity index (χ3v) is 5.81. The van der Waals surface area contributed by atoms with Gasteiger partial charge in [0, 0.05) is 20.1 Å². The zero-order chi connectivity index (χ0) is 18.3. The van der Waals surface area contributed by atoms with E-state index >= 15 is 0 Å². The lowest BCUT2D eigenvalue weighted by atomic mass is 10.00. The van der Waals surface area contributed by atoms with E-state index in [0.29, 0.717) is 5.56 Å². The second-order valence-corrected chi connectivity index (χ2v) is 7.71. The molecule has 0 radical (unpaired) electrons. The Labute approximate surface area is 161 Å². The summed E-state index contributed by atoms with van der Waals surface area (Å²) in [6.45, 7) is 1.93. The van der Waals surface area contributed by atoms with Crippen molar-refractivity contribution in [1.29, 1.82) is 0 Å². The van der Waals surface area contributed by atoms with Crippen LogP contribution in [0.5, 0.6) is 0 Å². The van der Waals surface area contributed by atoms with Gasteiger partial charge in [-0.2, -0.15) is 0 Å². The molecule has 26 heavy (non-hydrogen) atoms. The summed E-state index contributed by atoms with van der Waals surface area (Å²) in [4.78, 5) is 28.2. The average Bonchev–Trinajstić information content (AvgIpc) is 2.99. The second kappa shape index (κ2) is 6.70. The topological polar surface area (TPSA) is 59.2 Å². The maximum absolute atomic E-state index is 12.8. The van der Waals surface area contributed by atoms with Crippen molar-refractivity contribution < 1.29 is 9.53 Å². The number of nitrogens with one attached hydrogen (secondary N) is 1. The van der Waals surface area contributed by atoms with Crippen molar-refractivity contribution in [3.8, 4) is 11.1 Å². The lowest BCUT2D eigenvalue weighted by Crippen LogP contribution is -2.21. The fraction of sp³-hybridized carbons (Fsp3) is 0.100. The van der Waals surface area contributed by atoms with E-state index in [9.17, 15) is 9.59 Å². The number of halogens is 1. The molecule has 4 aromatic rings. The van der Waals surface area contributed by atoms with E-state index in [4.69, 9.17) is 4.74 Å². The lowest BCUT2D eigenvalue weighted by Gasteiger charge is -2.10. The number of carbonyl (C=O) groups is 1. The molecule has 2 aromatic heterocycles. The molecule has 0 aliphatic heterocycles. The van der Waals surface area contributed by atoms with Gasteiger partial charge in [0.1, 0.15) is 5.56 Å². The Morgan fingerprint density at radius 3 is 2.77 bits per heavy atom. The number of carbonyl (C=O) groups excluding carboxylic acids is 1. The summed E-state index contributed by atoms with van der Waals surface area (Å²) in [6, 6.07) is 15.5. The van der Waals surface area contributed by atoms with E-state index < -0.39 is 11.5 Å². The fourth-order valence-corrected chi connectivity index (χ4v) is 4.70. The number of rotatable bonds is 3. The predicted molar refractivity (Wildman–Crippen MR) is 109 cm³/mol. The Hall–Kier alpha value is -2.44. The molecule has 0 aliphatic carbocycles. The van der Waals surface area contributed by atoms with Crippen molar-refractivity contribution in [2.75, 3.05) is 6.61 Å². The van der Waals surface area contributed by atoms with E-state index in [1.54, 1.807) is 18.3 Å². The first-order chi connectivity index (χ1) is 12.6. The highest BCUT2D eigenvalue weighted by atomic mass is 79.9. The van der Waals surface area contributed by atoms with E-state index in [2.05, 4.69) is 20.9 Å². The first kappa shape index (κ1) is 17.0. The van der Waals surface area contributed by atoms with Crippen LogP contribution in [0.1, 0.15) is 17.3 Å². The Balaban J connectivity index is 2.17. The Morgan fingerprint density at radius 2 is 2.00 bits per heavy atom. The molecule has 2 heterocycles. The number of hydrogen-bond acceptors (Lipinski definition) is 4. The number of fused-ring (bicyclic) bond motifs is 3. The molecule has 0 saturated carbocycles. The molecule has 1 N–H and O–H groups in total. The van der Waals surface area contributed by atoms with Gasteiger partial charge in [0.2, 0.25) is 0 Å². The van der Waals surface area contributed by atoms with E-state index in [1.807, 2.05) is 48.5 Å². The minimum absolute atomic E-state index is 0.0454. The molecule has 0 atom stereocenters. The van der Waals surface area contributed by atoms with Crippen LogP contribution in [-0.4, -0.2) is 17.6 Å². The van der Waals surface area contributed by atoms with E-state index in [1.165, 1.54) is 0 Å². The van der Waals surface area contributed by atoms with Crippen LogP contribution >= 0.6 is 27.3 Å². The quantitative estimate of drug-likeness (QED) is 0.448. The molecule has 0 unspecified atom stereocenters. The van der Waals surface area contributed by atoms with Crippen molar-refractivity contribution in [1.82, 2.24) is 4.98 Å². The molecule has 6 heteroatoms. The number of H-pyrrole nitrogens is 1. The molecule has 0 saturated heterocycles. The highest BCUT2D eigenvalue weighted by Crippen LogP contribution is 2.40. The lowest BCUT2D eigenvalue weighted by molar-refractivity contribution is 0.0525. The van der Waals surface area contributed by atoms with Gasteiger partial charge in [0.05, 0.1) is 16.8 Å². The largest absolute Gasteiger partial charge is 0.462 e. The maximum Gasteiger partial charge on any atom is 0.344 e. The third-order valence-electron chi connectivity index (χ3n) is 4.13. The molecule has 130 valence electrons. The van der Waals surface area contributed by atoms with Crippen molar-refractivity contribution in [3.63, 3.8) is 0 Å². The summed E-state index contributed by atoms with van der Waals surface area (Å²) in [7, 11) is 0. The summed E-state index contributed by atoms with van der Waals surface area (Å²) in [6.07, 6.45) is 0. The Kier molecular flexibility index (Phi) is 4.38. The number of aromatic amines is 1. The molecule has 0 amide bonds. The summed E-state index contributed by atoms with van der Waals surface area (Å²) < 4.78 is 7.95. The molecule has 2 aromatic carbocycles. The summed E-state index contributed by atoms with van der Waals surface area (Å²) in [5, 5.41) is 0.969. The number of hydrogen-bond donors (Lipinski definition) is 1. The van der Waals surface area contributed by atoms with Crippen LogP contribution in [0.4, 0.5) is 0 Å².